The summed E-state index contributed by atoms with van der Waals surface area (Å²) in [5, 5.41) is 3.66. The summed E-state index contributed by atoms with van der Waals surface area (Å²) < 4.78 is 5.12. The van der Waals surface area contributed by atoms with Crippen LogP contribution in [0.1, 0.15) is 6.92 Å². The molecule has 1 aliphatic rings. The molecule has 0 atom stereocenters. The normalized spacial score (nSPS) is 19.0. The maximum atomic E-state index is 5.12. The number of aliphatic imine (C=N–C) groups is 1. The average Bonchev–Trinajstić information content (AvgIpc) is 2.05. The Morgan fingerprint density at radius 2 is 2.40 bits per heavy atom. The van der Waals surface area contributed by atoms with Crippen LogP contribution >= 0.6 is 0 Å². The fraction of sp³-hybridized carbons (Fsp3) is 0.667. The zero-order valence-corrected chi connectivity index (χ0v) is 6.13. The van der Waals surface area contributed by atoms with Crippen molar-refractivity contribution in [3.63, 3.8) is 0 Å². The van der Waals surface area contributed by atoms with Crippen molar-refractivity contribution in [1.82, 2.24) is 0 Å². The SMILES string of the molecule is CN=C(C)C1=NOCCO1. The number of ether oxygens (including phenoxy) is 1. The Labute approximate surface area is 59.5 Å². The van der Waals surface area contributed by atoms with Gasteiger partial charge in [-0.3, -0.25) is 4.99 Å². The molecule has 0 aliphatic carbocycles. The predicted molar refractivity (Wildman–Crippen MR) is 38.4 cm³/mol. The molecule has 4 nitrogen and oxygen atoms in total. The highest BCUT2D eigenvalue weighted by molar-refractivity contribution is 6.37. The third-order valence-corrected chi connectivity index (χ3v) is 1.21. The molecule has 0 N–H and O–H groups in total. The van der Waals surface area contributed by atoms with E-state index >= 15 is 0 Å². The van der Waals surface area contributed by atoms with Gasteiger partial charge in [-0.1, -0.05) is 0 Å². The molecule has 0 aromatic heterocycles. The van der Waals surface area contributed by atoms with Gasteiger partial charge in [0.05, 0.1) is 5.71 Å². The molecule has 0 spiro atoms. The van der Waals surface area contributed by atoms with Crippen molar-refractivity contribution in [2.75, 3.05) is 20.3 Å². The van der Waals surface area contributed by atoms with Crippen LogP contribution in [0, 0.1) is 0 Å². The molecule has 0 fully saturated rings. The highest BCUT2D eigenvalue weighted by Gasteiger charge is 2.09. The van der Waals surface area contributed by atoms with Gasteiger partial charge in [-0.25, -0.2) is 0 Å². The van der Waals surface area contributed by atoms with E-state index in [0.717, 1.165) is 5.71 Å². The zero-order valence-electron chi connectivity index (χ0n) is 6.13. The third-order valence-electron chi connectivity index (χ3n) is 1.21. The summed E-state index contributed by atoms with van der Waals surface area (Å²) in [5.74, 6) is 0.494. The van der Waals surface area contributed by atoms with Gasteiger partial charge >= 0.3 is 0 Å². The molecule has 0 aromatic carbocycles. The number of oxime groups is 1. The van der Waals surface area contributed by atoms with Crippen molar-refractivity contribution >= 4 is 11.6 Å². The second-order valence-electron chi connectivity index (χ2n) is 1.89. The van der Waals surface area contributed by atoms with E-state index in [1.165, 1.54) is 0 Å². The topological polar surface area (TPSA) is 43.2 Å². The van der Waals surface area contributed by atoms with E-state index in [1.54, 1.807) is 7.05 Å². The summed E-state index contributed by atoms with van der Waals surface area (Å²) in [5.41, 5.74) is 0.764. The molecular weight excluding hydrogens is 132 g/mol. The maximum Gasteiger partial charge on any atom is 0.271 e. The molecule has 10 heavy (non-hydrogen) atoms. The van der Waals surface area contributed by atoms with E-state index in [0.29, 0.717) is 19.1 Å². The number of rotatable bonds is 1. The van der Waals surface area contributed by atoms with E-state index in [-0.39, 0.29) is 0 Å². The van der Waals surface area contributed by atoms with Crippen LogP contribution < -0.4 is 0 Å². The Kier molecular flexibility index (Phi) is 2.25. The maximum absolute atomic E-state index is 5.12. The molecule has 0 aromatic rings. The van der Waals surface area contributed by atoms with Crippen molar-refractivity contribution < 1.29 is 9.57 Å². The van der Waals surface area contributed by atoms with Crippen LogP contribution in [0.4, 0.5) is 0 Å². The Balaban J connectivity index is 2.62. The van der Waals surface area contributed by atoms with Crippen LogP contribution in [0.15, 0.2) is 10.1 Å². The molecule has 1 rings (SSSR count). The van der Waals surface area contributed by atoms with Crippen LogP contribution in [0.5, 0.6) is 0 Å². The first-order chi connectivity index (χ1) is 4.84. The Morgan fingerprint density at radius 3 is 2.90 bits per heavy atom. The first-order valence-corrected chi connectivity index (χ1v) is 3.11. The summed E-state index contributed by atoms with van der Waals surface area (Å²) in [6.45, 7) is 2.92. The van der Waals surface area contributed by atoms with Crippen molar-refractivity contribution in [1.29, 1.82) is 0 Å². The molecule has 0 saturated heterocycles. The van der Waals surface area contributed by atoms with Crippen LogP contribution in [0.3, 0.4) is 0 Å². The number of hydrogen-bond donors (Lipinski definition) is 0. The fourth-order valence-corrected chi connectivity index (χ4v) is 0.572. The van der Waals surface area contributed by atoms with E-state index < -0.39 is 0 Å². The van der Waals surface area contributed by atoms with Gasteiger partial charge in [-0.15, -0.1) is 0 Å². The van der Waals surface area contributed by atoms with E-state index in [2.05, 4.69) is 10.1 Å². The fourth-order valence-electron chi connectivity index (χ4n) is 0.572. The van der Waals surface area contributed by atoms with Crippen LogP contribution in [-0.4, -0.2) is 31.9 Å². The molecule has 0 amide bonds. The van der Waals surface area contributed by atoms with E-state index in [9.17, 15) is 0 Å². The molecule has 0 bridgehead atoms. The summed E-state index contributed by atoms with van der Waals surface area (Å²) in [6.07, 6.45) is 0. The second kappa shape index (κ2) is 3.20. The highest BCUT2D eigenvalue weighted by atomic mass is 16.7. The summed E-state index contributed by atoms with van der Waals surface area (Å²) in [4.78, 5) is 8.68. The lowest BCUT2D eigenvalue weighted by Crippen LogP contribution is -2.22. The minimum Gasteiger partial charge on any atom is -0.471 e. The Hall–Kier alpha value is -1.06. The standard InChI is InChI=1S/C6H10N2O2/c1-5(7-2)6-8-10-4-3-9-6/h3-4H2,1-2H3. The minimum absolute atomic E-state index is 0.494. The van der Waals surface area contributed by atoms with Crippen LogP contribution in [-0.2, 0) is 9.57 Å². The second-order valence-corrected chi connectivity index (χ2v) is 1.89. The van der Waals surface area contributed by atoms with Crippen molar-refractivity contribution in [2.24, 2.45) is 10.1 Å². The lowest BCUT2D eigenvalue weighted by atomic mass is 10.4. The Morgan fingerprint density at radius 1 is 1.60 bits per heavy atom. The zero-order chi connectivity index (χ0) is 7.40. The highest BCUT2D eigenvalue weighted by Crippen LogP contribution is 1.95. The predicted octanol–water partition coefficient (Wildman–Crippen LogP) is 0.437. The van der Waals surface area contributed by atoms with Crippen molar-refractivity contribution in [3.05, 3.63) is 0 Å². The van der Waals surface area contributed by atoms with Gasteiger partial charge in [-0.05, 0) is 12.1 Å². The van der Waals surface area contributed by atoms with Gasteiger partial charge in [0.2, 0.25) is 0 Å². The molecule has 0 saturated carbocycles. The van der Waals surface area contributed by atoms with E-state index in [1.807, 2.05) is 6.92 Å². The van der Waals surface area contributed by atoms with Gasteiger partial charge in [0, 0.05) is 7.05 Å². The largest absolute Gasteiger partial charge is 0.471 e. The lowest BCUT2D eigenvalue weighted by Gasteiger charge is -2.12. The molecular formula is C6H10N2O2. The van der Waals surface area contributed by atoms with Gasteiger partial charge in [-0.2, -0.15) is 0 Å². The number of hydrogen-bond acceptors (Lipinski definition) is 4. The quantitative estimate of drug-likeness (QED) is 0.498. The van der Waals surface area contributed by atoms with Crippen molar-refractivity contribution in [2.45, 2.75) is 6.92 Å². The summed E-state index contributed by atoms with van der Waals surface area (Å²) >= 11 is 0. The lowest BCUT2D eigenvalue weighted by molar-refractivity contribution is 0.0675. The summed E-state index contributed by atoms with van der Waals surface area (Å²) in [7, 11) is 1.69. The summed E-state index contributed by atoms with van der Waals surface area (Å²) in [6, 6.07) is 0. The van der Waals surface area contributed by atoms with Crippen LogP contribution in [0.2, 0.25) is 0 Å². The monoisotopic (exact) mass is 142 g/mol. The van der Waals surface area contributed by atoms with Crippen LogP contribution in [0.25, 0.3) is 0 Å². The molecule has 56 valence electrons. The minimum atomic E-state index is 0.494. The smallest absolute Gasteiger partial charge is 0.271 e. The van der Waals surface area contributed by atoms with Gasteiger partial charge in [0.25, 0.3) is 5.90 Å². The molecule has 4 heteroatoms. The van der Waals surface area contributed by atoms with Gasteiger partial charge < -0.3 is 9.57 Å². The molecule has 1 aliphatic heterocycles. The Bertz CT molecular complexity index is 175. The molecule has 0 radical (unpaired) electrons. The van der Waals surface area contributed by atoms with Gasteiger partial charge in [0.1, 0.15) is 6.61 Å². The van der Waals surface area contributed by atoms with Crippen molar-refractivity contribution in [3.8, 4) is 0 Å². The molecule has 0 unspecified atom stereocenters. The van der Waals surface area contributed by atoms with E-state index in [4.69, 9.17) is 9.57 Å². The average molecular weight is 142 g/mol. The van der Waals surface area contributed by atoms with Gasteiger partial charge in [0.15, 0.2) is 6.61 Å². The third kappa shape index (κ3) is 1.46. The first-order valence-electron chi connectivity index (χ1n) is 3.11. The first kappa shape index (κ1) is 7.05. The molecule has 1 heterocycles. The number of nitrogens with zero attached hydrogens (tertiary/aromatic N) is 2.